The zero-order valence-corrected chi connectivity index (χ0v) is 36.6. The van der Waals surface area contributed by atoms with Gasteiger partial charge in [-0.3, -0.25) is 0 Å². The van der Waals surface area contributed by atoms with Crippen molar-refractivity contribution in [2.75, 3.05) is 0 Å². The van der Waals surface area contributed by atoms with Crippen LogP contribution in [0.15, 0.2) is 87.8 Å². The largest absolute Gasteiger partial charge is 1.00 e. The first-order valence-electron chi connectivity index (χ1n) is 18.4. The van der Waals surface area contributed by atoms with Crippen molar-refractivity contribution < 1.29 is 46.1 Å². The first-order valence-corrected chi connectivity index (χ1v) is 22.2. The third-order valence-electron chi connectivity index (χ3n) is 11.7. The minimum absolute atomic E-state index is 0. The number of hydrogen-bond acceptors (Lipinski definition) is 0. The average molecular weight is 783 g/mol. The minimum Gasteiger partial charge on any atom is -1.00 e. The van der Waals surface area contributed by atoms with Crippen molar-refractivity contribution in [2.24, 2.45) is 16.7 Å². The number of rotatable bonds is 4. The van der Waals surface area contributed by atoms with Crippen LogP contribution in [0.3, 0.4) is 0 Å². The minimum atomic E-state index is -2.66. The Morgan fingerprint density at radius 2 is 1.16 bits per heavy atom. The molecule has 3 heteroatoms. The van der Waals surface area contributed by atoms with Gasteiger partial charge >= 0.3 is 301 Å². The van der Waals surface area contributed by atoms with Crippen LogP contribution in [0.1, 0.15) is 139 Å². The zero-order valence-electron chi connectivity index (χ0n) is 32.6. The summed E-state index contributed by atoms with van der Waals surface area (Å²) in [5.74, 6) is 0.497. The molecule has 0 radical (unpaired) electrons. The molecule has 4 aliphatic rings. The second kappa shape index (κ2) is 13.1. The van der Waals surface area contributed by atoms with E-state index in [2.05, 4.69) is 169 Å². The maximum Gasteiger partial charge on any atom is -1.00 e. The van der Waals surface area contributed by atoms with E-state index in [1.165, 1.54) is 55.7 Å². The summed E-state index contributed by atoms with van der Waals surface area (Å²) in [6, 6.07) is 22.2. The van der Waals surface area contributed by atoms with E-state index in [0.29, 0.717) is 9.54 Å². The van der Waals surface area contributed by atoms with Gasteiger partial charge in [0.1, 0.15) is 0 Å². The predicted octanol–water partition coefficient (Wildman–Crippen LogP) is 6.93. The molecule has 0 aromatic heterocycles. The van der Waals surface area contributed by atoms with E-state index >= 15 is 0 Å². The summed E-state index contributed by atoms with van der Waals surface area (Å²) in [5, 5.41) is 0. The number of hydrogen-bond donors (Lipinski definition) is 0. The van der Waals surface area contributed by atoms with Gasteiger partial charge in [-0.05, 0) is 0 Å². The fraction of sp³-hybridized carbons (Fsp3) is 0.426. The fourth-order valence-electron chi connectivity index (χ4n) is 9.38. The van der Waals surface area contributed by atoms with Crippen LogP contribution >= 0.6 is 0 Å². The molecule has 0 fully saturated rings. The van der Waals surface area contributed by atoms with E-state index in [1.807, 2.05) is 0 Å². The molecule has 0 amide bonds. The van der Waals surface area contributed by atoms with Crippen LogP contribution in [0.25, 0.3) is 22.3 Å². The third kappa shape index (κ3) is 6.24. The summed E-state index contributed by atoms with van der Waals surface area (Å²) >= 11 is -2.66. The average Bonchev–Trinajstić information content (AvgIpc) is 3.67. The molecule has 262 valence electrons. The van der Waals surface area contributed by atoms with Crippen molar-refractivity contribution in [3.8, 4) is 11.1 Å². The number of fused-ring (bicyclic) bond motifs is 5. The van der Waals surface area contributed by atoms with E-state index < -0.39 is 21.3 Å². The first-order chi connectivity index (χ1) is 22.3. The van der Waals surface area contributed by atoms with Gasteiger partial charge in [0.15, 0.2) is 0 Å². The molecule has 0 nitrogen and oxygen atoms in total. The molecule has 0 N–H and O–H groups in total. The van der Waals surface area contributed by atoms with Crippen LogP contribution < -0.4 is 24.8 Å². The van der Waals surface area contributed by atoms with E-state index in [9.17, 15) is 0 Å². The molecule has 0 saturated heterocycles. The monoisotopic (exact) mass is 780 g/mol. The summed E-state index contributed by atoms with van der Waals surface area (Å²) in [6.07, 6.45) is 11.4. The Morgan fingerprint density at radius 3 is 1.54 bits per heavy atom. The van der Waals surface area contributed by atoms with Gasteiger partial charge in [-0.25, -0.2) is 0 Å². The molecule has 7 rings (SSSR count). The van der Waals surface area contributed by atoms with Crippen molar-refractivity contribution in [2.45, 2.75) is 111 Å². The molecule has 0 spiro atoms. The molecule has 4 aliphatic carbocycles. The zero-order chi connectivity index (χ0) is 34.7. The number of benzene rings is 3. The summed E-state index contributed by atoms with van der Waals surface area (Å²) in [7, 11) is 0. The van der Waals surface area contributed by atoms with Gasteiger partial charge in [0.25, 0.3) is 0 Å². The van der Waals surface area contributed by atoms with Crippen molar-refractivity contribution in [3.63, 3.8) is 0 Å². The SMILES string of the molecule is CC/[C](c1ccccc1)=[Zr+2](/[C]1=CC(C)=CC1C)[CH]1c2cc3c(cc2-c2cc4c(cc21)C(C)(C)C=C4C(C)(C)C)C(C(C)(C)C)=CC3(C)C.[Cl-].[Cl-]. The van der Waals surface area contributed by atoms with Gasteiger partial charge in [-0.15, -0.1) is 0 Å². The second-order valence-corrected chi connectivity index (χ2v) is 24.7. The summed E-state index contributed by atoms with van der Waals surface area (Å²) < 4.78 is 3.96. The summed E-state index contributed by atoms with van der Waals surface area (Å²) in [5.41, 5.74) is 18.3. The van der Waals surface area contributed by atoms with Crippen molar-refractivity contribution in [1.29, 1.82) is 0 Å². The van der Waals surface area contributed by atoms with Gasteiger partial charge in [-0.2, -0.15) is 0 Å². The molecule has 0 saturated carbocycles. The maximum atomic E-state index is 2.71. The molecule has 0 aliphatic heterocycles. The van der Waals surface area contributed by atoms with E-state index in [4.69, 9.17) is 0 Å². The fourth-order valence-corrected chi connectivity index (χ4v) is 19.1. The van der Waals surface area contributed by atoms with Crippen LogP contribution in [-0.2, 0) is 32.1 Å². The van der Waals surface area contributed by atoms with Gasteiger partial charge in [0.2, 0.25) is 0 Å². The molecule has 3 aromatic rings. The summed E-state index contributed by atoms with van der Waals surface area (Å²) in [6.45, 7) is 31.3. The molecule has 1 unspecified atom stereocenters. The molecule has 0 bridgehead atoms. The molecular formula is C47H56Cl2Zr. The topological polar surface area (TPSA) is 0 Å². The first kappa shape index (κ1) is 39.2. The number of allylic oxidation sites excluding steroid dienone is 8. The van der Waals surface area contributed by atoms with Crippen LogP contribution in [0.5, 0.6) is 0 Å². The van der Waals surface area contributed by atoms with Crippen LogP contribution in [0, 0.1) is 16.7 Å². The Morgan fingerprint density at radius 1 is 0.700 bits per heavy atom. The van der Waals surface area contributed by atoms with E-state index in [0.717, 1.165) is 6.42 Å². The van der Waals surface area contributed by atoms with Crippen LogP contribution in [0.4, 0.5) is 0 Å². The molecule has 0 heterocycles. The molecule has 1 atom stereocenters. The molecule has 50 heavy (non-hydrogen) atoms. The Labute approximate surface area is 323 Å². The van der Waals surface area contributed by atoms with Gasteiger partial charge in [0.05, 0.1) is 0 Å². The van der Waals surface area contributed by atoms with E-state index in [1.54, 1.807) is 17.6 Å². The normalized spacial score (nSPS) is 19.9. The van der Waals surface area contributed by atoms with Crippen LogP contribution in [0.2, 0.25) is 0 Å². The van der Waals surface area contributed by atoms with E-state index in [-0.39, 0.29) is 46.5 Å². The number of halogens is 2. The maximum absolute atomic E-state index is 2.71. The predicted molar refractivity (Wildman–Crippen MR) is 206 cm³/mol. The van der Waals surface area contributed by atoms with Crippen molar-refractivity contribution in [1.82, 2.24) is 0 Å². The van der Waals surface area contributed by atoms with Gasteiger partial charge in [0, 0.05) is 0 Å². The smallest absolute Gasteiger partial charge is 1.00 e. The second-order valence-electron chi connectivity index (χ2n) is 18.4. The van der Waals surface area contributed by atoms with Gasteiger partial charge in [-0.1, -0.05) is 0 Å². The Balaban J connectivity index is 0.00000243. The van der Waals surface area contributed by atoms with Crippen LogP contribution in [-0.4, -0.2) is 3.21 Å². The standard InChI is InChI=1S/C31H37.C9H10.C7H9.2ClH.Zr/c1-28(2,3)26-16-30(7,8)24-12-18-11-19-13-25-23(15-21(19)20(18)14-22(24)26)27(29(4,5)6)17-31(25,9)10;1-2-6-9-7-4-3-5-8-9;1-6-3-4-7(2)5-6;;;/h11-17H,1-10H3;3-5,7-8H,2H2,1H3;3,5,7H,1-2H3;2*1H;/q;;;;;+2/p-2. The summed E-state index contributed by atoms with van der Waals surface area (Å²) in [4.78, 5) is 0. The quantitative estimate of drug-likeness (QED) is 0.270. The Bertz CT molecular complexity index is 1930. The third-order valence-corrected chi connectivity index (χ3v) is 20.8. The van der Waals surface area contributed by atoms with Crippen molar-refractivity contribution in [3.05, 3.63) is 127 Å². The molecular weight excluding hydrogens is 727 g/mol. The van der Waals surface area contributed by atoms with Gasteiger partial charge < -0.3 is 24.8 Å². The Kier molecular flexibility index (Phi) is 10.3. The van der Waals surface area contributed by atoms with Crippen molar-refractivity contribution >= 4 is 14.4 Å². The molecule has 3 aromatic carbocycles. The Hall–Kier alpha value is -2.05.